The molecule has 0 aliphatic heterocycles. The van der Waals surface area contributed by atoms with Gasteiger partial charge in [0.1, 0.15) is 6.61 Å². The van der Waals surface area contributed by atoms with Crippen LogP contribution in [-0.2, 0) is 4.74 Å². The molecule has 7 heteroatoms. The molecule has 86 valence electrons. The maximum Gasteiger partial charge on any atom is 0.307 e. The van der Waals surface area contributed by atoms with Crippen LogP contribution in [0.2, 0.25) is 0 Å². The molecule has 0 fully saturated rings. The zero-order valence-corrected chi connectivity index (χ0v) is 7.37. The van der Waals surface area contributed by atoms with Crippen molar-refractivity contribution < 1.29 is 31.1 Å². The van der Waals surface area contributed by atoms with E-state index >= 15 is 0 Å². The van der Waals surface area contributed by atoms with Crippen molar-refractivity contribution in [1.29, 1.82) is 0 Å². The average molecular weight is 224 g/mol. The van der Waals surface area contributed by atoms with Crippen LogP contribution >= 0.6 is 0 Å². The molecular weight excluding hydrogens is 214 g/mol. The van der Waals surface area contributed by atoms with Crippen LogP contribution in [0.25, 0.3) is 0 Å². The predicted octanol–water partition coefficient (Wildman–Crippen LogP) is 2.95. The number of halogens is 6. The molecule has 1 nitrogen and oxygen atoms in total. The molecule has 0 saturated heterocycles. The van der Waals surface area contributed by atoms with Crippen LogP contribution in [0.1, 0.15) is 12.8 Å². The van der Waals surface area contributed by atoms with E-state index in [0.29, 0.717) is 0 Å². The Hall–Kier alpha value is -0.460. The van der Waals surface area contributed by atoms with E-state index in [-0.39, 0.29) is 0 Å². The summed E-state index contributed by atoms with van der Waals surface area (Å²) < 4.78 is 76.6. The van der Waals surface area contributed by atoms with Crippen molar-refractivity contribution in [2.24, 2.45) is 0 Å². The Labute approximate surface area is 77.0 Å². The first-order chi connectivity index (χ1) is 6.21. The molecule has 0 atom stereocenters. The molecule has 0 aromatic rings. The van der Waals surface area contributed by atoms with Crippen molar-refractivity contribution in [3.63, 3.8) is 0 Å². The molecule has 0 amide bonds. The Morgan fingerprint density at radius 1 is 1.07 bits per heavy atom. The van der Waals surface area contributed by atoms with Gasteiger partial charge in [0, 0.05) is 20.0 Å². The van der Waals surface area contributed by atoms with Crippen molar-refractivity contribution in [2.45, 2.75) is 31.1 Å². The van der Waals surface area contributed by atoms with Crippen LogP contribution < -0.4 is 0 Å². The van der Waals surface area contributed by atoms with Gasteiger partial charge in [-0.3, -0.25) is 0 Å². The van der Waals surface area contributed by atoms with Crippen LogP contribution in [0.5, 0.6) is 0 Å². The highest BCUT2D eigenvalue weighted by Gasteiger charge is 2.43. The zero-order valence-electron chi connectivity index (χ0n) is 7.37. The fourth-order valence-electron chi connectivity index (χ4n) is 0.742. The second kappa shape index (κ2) is 4.86. The Morgan fingerprint density at radius 3 is 1.93 bits per heavy atom. The van der Waals surface area contributed by atoms with Gasteiger partial charge in [0.15, 0.2) is 0 Å². The Bertz CT molecular complexity index is 170. The molecule has 0 aromatic carbocycles. The normalized spacial score (nSPS) is 13.7. The second-order valence-electron chi connectivity index (χ2n) is 2.85. The van der Waals surface area contributed by atoms with E-state index in [2.05, 4.69) is 4.74 Å². The second-order valence-corrected chi connectivity index (χ2v) is 2.85. The van der Waals surface area contributed by atoms with Gasteiger partial charge in [-0.25, -0.2) is 26.3 Å². The van der Waals surface area contributed by atoms with E-state index in [9.17, 15) is 26.3 Å². The van der Waals surface area contributed by atoms with E-state index in [0.717, 1.165) is 7.11 Å². The van der Waals surface area contributed by atoms with Crippen LogP contribution in [-0.4, -0.2) is 32.0 Å². The van der Waals surface area contributed by atoms with Gasteiger partial charge in [-0.2, -0.15) is 0 Å². The van der Waals surface area contributed by atoms with Crippen molar-refractivity contribution in [3.8, 4) is 0 Å². The van der Waals surface area contributed by atoms with Gasteiger partial charge in [0.2, 0.25) is 0 Å². The van der Waals surface area contributed by atoms with E-state index in [4.69, 9.17) is 0 Å². The molecule has 0 heterocycles. The first-order valence-electron chi connectivity index (χ1n) is 3.74. The summed E-state index contributed by atoms with van der Waals surface area (Å²) >= 11 is 0. The molecule has 0 unspecified atom stereocenters. The molecule has 0 radical (unpaired) electrons. The average Bonchev–Trinajstić information content (AvgIpc) is 2.01. The Morgan fingerprint density at radius 2 is 1.57 bits per heavy atom. The first-order valence-corrected chi connectivity index (χ1v) is 3.74. The lowest BCUT2D eigenvalue weighted by Gasteiger charge is -2.19. The highest BCUT2D eigenvalue weighted by atomic mass is 19.3. The summed E-state index contributed by atoms with van der Waals surface area (Å²) in [5.74, 6) is -7.86. The summed E-state index contributed by atoms with van der Waals surface area (Å²) in [6.45, 7) is -1.05. The fraction of sp³-hybridized carbons (Fsp3) is 1.00. The van der Waals surface area contributed by atoms with E-state index < -0.39 is 37.7 Å². The van der Waals surface area contributed by atoms with Gasteiger partial charge in [0.05, 0.1) is 0 Å². The molecule has 0 saturated carbocycles. The fourth-order valence-corrected chi connectivity index (χ4v) is 0.742. The molecule has 0 aromatic heterocycles. The lowest BCUT2D eigenvalue weighted by Crippen LogP contribution is -2.31. The summed E-state index contributed by atoms with van der Waals surface area (Å²) in [5.41, 5.74) is 0. The van der Waals surface area contributed by atoms with Gasteiger partial charge in [-0.15, -0.1) is 0 Å². The van der Waals surface area contributed by atoms with Crippen LogP contribution in [0.4, 0.5) is 26.3 Å². The summed E-state index contributed by atoms with van der Waals surface area (Å²) in [5, 5.41) is 0. The smallest absolute Gasteiger partial charge is 0.307 e. The molecule has 0 spiro atoms. The minimum absolute atomic E-state index is 0.971. The minimum Gasteiger partial charge on any atom is -0.378 e. The van der Waals surface area contributed by atoms with Gasteiger partial charge in [0.25, 0.3) is 5.92 Å². The van der Waals surface area contributed by atoms with Gasteiger partial charge >= 0.3 is 12.3 Å². The van der Waals surface area contributed by atoms with Crippen LogP contribution in [0.3, 0.4) is 0 Å². The third kappa shape index (κ3) is 4.69. The zero-order chi connectivity index (χ0) is 11.4. The molecule has 14 heavy (non-hydrogen) atoms. The molecule has 0 N–H and O–H groups in total. The lowest BCUT2D eigenvalue weighted by atomic mass is 10.1. The number of alkyl halides is 6. The Balaban J connectivity index is 4.04. The van der Waals surface area contributed by atoms with Crippen LogP contribution in [0.15, 0.2) is 0 Å². The quantitative estimate of drug-likeness (QED) is 0.630. The van der Waals surface area contributed by atoms with E-state index in [1.54, 1.807) is 0 Å². The molecule has 0 aliphatic carbocycles. The van der Waals surface area contributed by atoms with E-state index in [1.807, 2.05) is 0 Å². The van der Waals surface area contributed by atoms with Gasteiger partial charge in [-0.1, -0.05) is 0 Å². The molecular formula is C7H10F6O. The van der Waals surface area contributed by atoms with Gasteiger partial charge in [-0.05, 0) is 0 Å². The monoisotopic (exact) mass is 224 g/mol. The summed E-state index contributed by atoms with van der Waals surface area (Å²) in [4.78, 5) is 0. The first kappa shape index (κ1) is 13.5. The SMILES string of the molecule is COCC(F)(F)CCC(F)(F)C(F)F. The Kier molecular flexibility index (Phi) is 4.70. The summed E-state index contributed by atoms with van der Waals surface area (Å²) in [7, 11) is 0.971. The number of rotatable bonds is 6. The van der Waals surface area contributed by atoms with Crippen molar-refractivity contribution >= 4 is 0 Å². The van der Waals surface area contributed by atoms with Crippen LogP contribution in [0, 0.1) is 0 Å². The maximum atomic E-state index is 12.5. The van der Waals surface area contributed by atoms with Gasteiger partial charge < -0.3 is 4.74 Å². The summed E-state index contributed by atoms with van der Waals surface area (Å²) in [6, 6.07) is 0. The predicted molar refractivity (Wildman–Crippen MR) is 37.0 cm³/mol. The number of hydrogen-bond acceptors (Lipinski definition) is 1. The molecule has 0 rings (SSSR count). The third-order valence-corrected chi connectivity index (χ3v) is 1.50. The minimum atomic E-state index is -4.36. The number of hydrogen-bond donors (Lipinski definition) is 0. The maximum absolute atomic E-state index is 12.5. The number of methoxy groups -OCH3 is 1. The molecule has 0 bridgehead atoms. The number of ether oxygens (including phenoxy) is 1. The van der Waals surface area contributed by atoms with Crippen molar-refractivity contribution in [3.05, 3.63) is 0 Å². The lowest BCUT2D eigenvalue weighted by molar-refractivity contribution is -0.152. The van der Waals surface area contributed by atoms with Crippen molar-refractivity contribution in [1.82, 2.24) is 0 Å². The third-order valence-electron chi connectivity index (χ3n) is 1.50. The summed E-state index contributed by atoms with van der Waals surface area (Å²) in [6.07, 6.45) is -6.79. The standard InChI is InChI=1S/C7H10F6O/c1-14-4-6(10,11)2-3-7(12,13)5(8)9/h5H,2-4H2,1H3. The highest BCUT2D eigenvalue weighted by Crippen LogP contribution is 2.32. The van der Waals surface area contributed by atoms with Crippen molar-refractivity contribution in [2.75, 3.05) is 13.7 Å². The topological polar surface area (TPSA) is 9.23 Å². The highest BCUT2D eigenvalue weighted by molar-refractivity contribution is 4.74. The largest absolute Gasteiger partial charge is 0.378 e. The van der Waals surface area contributed by atoms with E-state index in [1.165, 1.54) is 0 Å². The molecule has 0 aliphatic rings.